The van der Waals surface area contributed by atoms with E-state index in [4.69, 9.17) is 10.2 Å². The summed E-state index contributed by atoms with van der Waals surface area (Å²) in [7, 11) is -3.75. The molecule has 15 heavy (non-hydrogen) atoms. The van der Waals surface area contributed by atoms with Crippen LogP contribution >= 0.6 is 0 Å². The van der Waals surface area contributed by atoms with Crippen molar-refractivity contribution in [3.05, 3.63) is 0 Å². The minimum atomic E-state index is -3.75. The second-order valence-corrected chi connectivity index (χ2v) is 4.59. The highest BCUT2D eigenvalue weighted by atomic mass is 32.2. The van der Waals surface area contributed by atoms with Gasteiger partial charge in [-0.1, -0.05) is 0 Å². The third kappa shape index (κ3) is 2.88. The van der Waals surface area contributed by atoms with Gasteiger partial charge in [-0.3, -0.25) is 4.79 Å². The molecule has 1 rings (SSSR count). The van der Waals surface area contributed by atoms with Crippen LogP contribution in [0.1, 0.15) is 0 Å². The molecule has 0 spiro atoms. The quantitative estimate of drug-likeness (QED) is 0.485. The standard InChI is InChI=1S/C6H11N3O5S/c7-15(13,14)9-3-1-8(2-4-9)5(10)6(11)12/h1-4H2,(H,11,12)(H2,7,13,14). The zero-order valence-electron chi connectivity index (χ0n) is 7.79. The fourth-order valence-electron chi connectivity index (χ4n) is 1.28. The number of carbonyl (C=O) groups is 2. The molecule has 1 heterocycles. The maximum absolute atomic E-state index is 11.0. The first kappa shape index (κ1) is 11.9. The number of rotatable bonds is 1. The lowest BCUT2D eigenvalue weighted by atomic mass is 10.3. The summed E-state index contributed by atoms with van der Waals surface area (Å²) in [4.78, 5) is 22.4. The van der Waals surface area contributed by atoms with Gasteiger partial charge in [-0.15, -0.1) is 0 Å². The molecule has 1 aliphatic heterocycles. The molecule has 0 bridgehead atoms. The number of nitrogens with zero attached hydrogens (tertiary/aromatic N) is 2. The molecular weight excluding hydrogens is 226 g/mol. The summed E-state index contributed by atoms with van der Waals surface area (Å²) in [5.74, 6) is -2.57. The lowest BCUT2D eigenvalue weighted by molar-refractivity contribution is -0.156. The van der Waals surface area contributed by atoms with Crippen LogP contribution in [-0.4, -0.2) is 60.8 Å². The number of carbonyl (C=O) groups excluding carboxylic acids is 1. The molecule has 86 valence electrons. The summed E-state index contributed by atoms with van der Waals surface area (Å²) in [5, 5.41) is 13.3. The van der Waals surface area contributed by atoms with Crippen LogP contribution in [0.2, 0.25) is 0 Å². The van der Waals surface area contributed by atoms with Gasteiger partial charge in [-0.2, -0.15) is 12.7 Å². The SMILES string of the molecule is NS(=O)(=O)N1CCN(C(=O)C(=O)O)CC1. The van der Waals surface area contributed by atoms with Gasteiger partial charge in [0.05, 0.1) is 0 Å². The summed E-state index contributed by atoms with van der Waals surface area (Å²) >= 11 is 0. The summed E-state index contributed by atoms with van der Waals surface area (Å²) in [6.45, 7) is 0.138. The van der Waals surface area contributed by atoms with Gasteiger partial charge in [-0.05, 0) is 0 Å². The maximum atomic E-state index is 11.0. The molecule has 0 aliphatic carbocycles. The molecule has 3 N–H and O–H groups in total. The molecule has 0 aromatic carbocycles. The molecule has 0 unspecified atom stereocenters. The van der Waals surface area contributed by atoms with Crippen molar-refractivity contribution in [3.8, 4) is 0 Å². The van der Waals surface area contributed by atoms with Gasteiger partial charge in [0, 0.05) is 26.2 Å². The van der Waals surface area contributed by atoms with Crippen LogP contribution in [0.5, 0.6) is 0 Å². The number of carboxylic acid groups (broad SMARTS) is 1. The van der Waals surface area contributed by atoms with Gasteiger partial charge in [0.15, 0.2) is 0 Å². The molecular formula is C6H11N3O5S. The van der Waals surface area contributed by atoms with Crippen LogP contribution in [0.25, 0.3) is 0 Å². The van der Waals surface area contributed by atoms with Gasteiger partial charge < -0.3 is 10.0 Å². The number of amides is 1. The first-order valence-corrected chi connectivity index (χ1v) is 5.63. The van der Waals surface area contributed by atoms with E-state index in [2.05, 4.69) is 0 Å². The molecule has 0 saturated carbocycles. The Hall–Kier alpha value is -1.19. The third-order valence-electron chi connectivity index (χ3n) is 2.07. The van der Waals surface area contributed by atoms with Crippen molar-refractivity contribution in [2.45, 2.75) is 0 Å². The van der Waals surface area contributed by atoms with Crippen molar-refractivity contribution in [1.82, 2.24) is 9.21 Å². The highest BCUT2D eigenvalue weighted by molar-refractivity contribution is 7.86. The summed E-state index contributed by atoms with van der Waals surface area (Å²) in [6, 6.07) is 0. The van der Waals surface area contributed by atoms with Crippen molar-refractivity contribution in [3.63, 3.8) is 0 Å². The third-order valence-corrected chi connectivity index (χ3v) is 3.15. The van der Waals surface area contributed by atoms with Crippen molar-refractivity contribution in [1.29, 1.82) is 0 Å². The first-order chi connectivity index (χ1) is 6.82. The van der Waals surface area contributed by atoms with Crippen LogP contribution in [0.3, 0.4) is 0 Å². The van der Waals surface area contributed by atoms with E-state index in [0.717, 1.165) is 9.21 Å². The number of carboxylic acids is 1. The average Bonchev–Trinajstić information content (AvgIpc) is 2.15. The van der Waals surface area contributed by atoms with Crippen molar-refractivity contribution in [2.24, 2.45) is 5.14 Å². The van der Waals surface area contributed by atoms with Crippen LogP contribution < -0.4 is 5.14 Å². The monoisotopic (exact) mass is 237 g/mol. The van der Waals surface area contributed by atoms with Gasteiger partial charge >= 0.3 is 11.9 Å². The van der Waals surface area contributed by atoms with E-state index in [0.29, 0.717) is 0 Å². The van der Waals surface area contributed by atoms with E-state index in [1.54, 1.807) is 0 Å². The van der Waals surface area contributed by atoms with E-state index in [1.807, 2.05) is 0 Å². The van der Waals surface area contributed by atoms with E-state index in [9.17, 15) is 18.0 Å². The Morgan fingerprint density at radius 1 is 1.13 bits per heavy atom. The number of nitrogens with two attached hydrogens (primary N) is 1. The highest BCUT2D eigenvalue weighted by Crippen LogP contribution is 2.04. The predicted octanol–water partition coefficient (Wildman–Crippen LogP) is -2.58. The molecule has 0 radical (unpaired) electrons. The Balaban J connectivity index is 2.57. The van der Waals surface area contributed by atoms with Gasteiger partial charge in [0.25, 0.3) is 10.2 Å². The fourth-order valence-corrected chi connectivity index (χ4v) is 1.95. The smallest absolute Gasteiger partial charge is 0.394 e. The molecule has 0 aromatic rings. The van der Waals surface area contributed by atoms with Crippen molar-refractivity contribution < 1.29 is 23.1 Å². The van der Waals surface area contributed by atoms with Crippen LogP contribution in [0, 0.1) is 0 Å². The van der Waals surface area contributed by atoms with E-state index >= 15 is 0 Å². The van der Waals surface area contributed by atoms with Crippen LogP contribution in [0.4, 0.5) is 0 Å². The minimum absolute atomic E-state index is 0.0256. The Morgan fingerprint density at radius 3 is 1.93 bits per heavy atom. The molecule has 1 amide bonds. The molecule has 0 atom stereocenters. The first-order valence-electron chi connectivity index (χ1n) is 4.12. The van der Waals surface area contributed by atoms with Crippen molar-refractivity contribution >= 4 is 22.1 Å². The largest absolute Gasteiger partial charge is 0.474 e. The molecule has 1 saturated heterocycles. The summed E-state index contributed by atoms with van der Waals surface area (Å²) < 4.78 is 22.8. The predicted molar refractivity (Wildman–Crippen MR) is 48.9 cm³/mol. The van der Waals surface area contributed by atoms with E-state index in [1.165, 1.54) is 0 Å². The van der Waals surface area contributed by atoms with E-state index in [-0.39, 0.29) is 26.2 Å². The molecule has 1 fully saturated rings. The Bertz CT molecular complexity index is 370. The zero-order chi connectivity index (χ0) is 11.6. The second kappa shape index (κ2) is 4.13. The van der Waals surface area contributed by atoms with Gasteiger partial charge in [-0.25, -0.2) is 9.93 Å². The fraction of sp³-hybridized carbons (Fsp3) is 0.667. The normalized spacial score (nSPS) is 18.9. The molecule has 9 heteroatoms. The maximum Gasteiger partial charge on any atom is 0.394 e. The Labute approximate surface area is 86.4 Å². The topological polar surface area (TPSA) is 121 Å². The molecule has 1 aliphatic rings. The molecule has 8 nitrogen and oxygen atoms in total. The second-order valence-electron chi connectivity index (χ2n) is 3.04. The number of aliphatic carboxylic acids is 1. The number of hydrogen-bond donors (Lipinski definition) is 2. The Morgan fingerprint density at radius 2 is 1.60 bits per heavy atom. The average molecular weight is 237 g/mol. The zero-order valence-corrected chi connectivity index (χ0v) is 8.61. The van der Waals surface area contributed by atoms with Crippen molar-refractivity contribution in [2.75, 3.05) is 26.2 Å². The van der Waals surface area contributed by atoms with Gasteiger partial charge in [0.1, 0.15) is 0 Å². The van der Waals surface area contributed by atoms with Crippen LogP contribution in [-0.2, 0) is 19.8 Å². The number of hydrogen-bond acceptors (Lipinski definition) is 4. The summed E-state index contributed by atoms with van der Waals surface area (Å²) in [6.07, 6.45) is 0. The lowest BCUT2D eigenvalue weighted by Crippen LogP contribution is -2.53. The Kier molecular flexibility index (Phi) is 3.27. The number of piperazine rings is 1. The minimum Gasteiger partial charge on any atom is -0.474 e. The molecule has 0 aromatic heterocycles. The van der Waals surface area contributed by atoms with Crippen LogP contribution in [0.15, 0.2) is 0 Å². The highest BCUT2D eigenvalue weighted by Gasteiger charge is 2.28. The summed E-state index contributed by atoms with van der Waals surface area (Å²) in [5.41, 5.74) is 0. The van der Waals surface area contributed by atoms with E-state index < -0.39 is 22.1 Å². The lowest BCUT2D eigenvalue weighted by Gasteiger charge is -2.31. The van der Waals surface area contributed by atoms with Gasteiger partial charge in [0.2, 0.25) is 0 Å².